The van der Waals surface area contributed by atoms with Crippen molar-refractivity contribution in [1.29, 1.82) is 0 Å². The minimum absolute atomic E-state index is 0.159. The number of nitro groups is 1. The molecule has 34 heavy (non-hydrogen) atoms. The molecule has 3 aromatic rings. The van der Waals surface area contributed by atoms with Gasteiger partial charge in [-0.1, -0.05) is 29.8 Å². The zero-order valence-corrected chi connectivity index (χ0v) is 18.1. The lowest BCUT2D eigenvalue weighted by Gasteiger charge is -2.08. The Labute approximate surface area is 197 Å². The van der Waals surface area contributed by atoms with Gasteiger partial charge in [-0.15, -0.1) is 0 Å². The van der Waals surface area contributed by atoms with Gasteiger partial charge in [-0.05, 0) is 53.6 Å². The van der Waals surface area contributed by atoms with Gasteiger partial charge >= 0.3 is 6.18 Å². The number of rotatable bonds is 8. The van der Waals surface area contributed by atoms with E-state index in [1.807, 2.05) is 12.1 Å². The quantitative estimate of drug-likeness (QED) is 0.254. The molecule has 0 aliphatic rings. The van der Waals surface area contributed by atoms with Crippen molar-refractivity contribution >= 4 is 29.4 Å². The highest BCUT2D eigenvalue weighted by molar-refractivity contribution is 6.30. The van der Waals surface area contributed by atoms with Crippen molar-refractivity contribution in [3.63, 3.8) is 0 Å². The van der Waals surface area contributed by atoms with Gasteiger partial charge in [-0.3, -0.25) is 14.9 Å². The molecule has 0 heterocycles. The number of nitrogens with zero attached hydrogens (tertiary/aromatic N) is 2. The van der Waals surface area contributed by atoms with E-state index in [1.54, 1.807) is 36.4 Å². The van der Waals surface area contributed by atoms with Crippen LogP contribution in [0.15, 0.2) is 71.8 Å². The van der Waals surface area contributed by atoms with Crippen molar-refractivity contribution in [1.82, 2.24) is 5.43 Å². The molecule has 0 atom stereocenters. The molecule has 0 spiro atoms. The van der Waals surface area contributed by atoms with E-state index in [2.05, 4.69) is 10.5 Å². The number of alkyl halides is 3. The SMILES string of the molecule is O=C(Cc1ccc(C(F)(F)F)cc1[N+](=O)[O-])N/N=C\c1ccc(OCc2ccc(Cl)cc2)cc1. The first-order chi connectivity index (χ1) is 16.1. The van der Waals surface area contributed by atoms with Gasteiger partial charge in [0.1, 0.15) is 12.4 Å². The highest BCUT2D eigenvalue weighted by Gasteiger charge is 2.33. The van der Waals surface area contributed by atoms with Gasteiger partial charge in [-0.25, -0.2) is 5.43 Å². The Morgan fingerprint density at radius 1 is 1.09 bits per heavy atom. The van der Waals surface area contributed by atoms with Crippen LogP contribution in [0.5, 0.6) is 5.75 Å². The molecule has 0 aromatic heterocycles. The van der Waals surface area contributed by atoms with Crippen LogP contribution in [0.25, 0.3) is 0 Å². The van der Waals surface area contributed by atoms with E-state index in [4.69, 9.17) is 16.3 Å². The number of hydrazone groups is 1. The summed E-state index contributed by atoms with van der Waals surface area (Å²) in [5, 5.41) is 15.5. The molecule has 11 heteroatoms. The molecule has 1 amide bonds. The molecule has 0 unspecified atom stereocenters. The van der Waals surface area contributed by atoms with Crippen LogP contribution in [0.4, 0.5) is 18.9 Å². The number of nitrogens with one attached hydrogen (secondary N) is 1. The fourth-order valence-corrected chi connectivity index (χ4v) is 2.97. The number of halogens is 4. The third-order valence-corrected chi connectivity index (χ3v) is 4.81. The fraction of sp³-hybridized carbons (Fsp3) is 0.130. The van der Waals surface area contributed by atoms with E-state index in [0.717, 1.165) is 11.6 Å². The van der Waals surface area contributed by atoms with Crippen LogP contribution < -0.4 is 10.2 Å². The predicted octanol–water partition coefficient (Wildman–Crippen LogP) is 5.54. The zero-order chi connectivity index (χ0) is 24.7. The van der Waals surface area contributed by atoms with Gasteiger partial charge in [0, 0.05) is 16.7 Å². The van der Waals surface area contributed by atoms with E-state index < -0.39 is 34.7 Å². The Morgan fingerprint density at radius 3 is 2.38 bits per heavy atom. The summed E-state index contributed by atoms with van der Waals surface area (Å²) in [5.41, 5.74) is 1.68. The summed E-state index contributed by atoms with van der Waals surface area (Å²) in [5.74, 6) is -0.104. The van der Waals surface area contributed by atoms with Gasteiger partial charge < -0.3 is 4.74 Å². The highest BCUT2D eigenvalue weighted by atomic mass is 35.5. The second-order valence-corrected chi connectivity index (χ2v) is 7.49. The Bertz CT molecular complexity index is 1200. The molecular formula is C23H17ClF3N3O4. The Kier molecular flexibility index (Phi) is 7.85. The van der Waals surface area contributed by atoms with Gasteiger partial charge in [0.25, 0.3) is 5.69 Å². The maximum absolute atomic E-state index is 12.8. The third kappa shape index (κ3) is 7.04. The summed E-state index contributed by atoms with van der Waals surface area (Å²) in [4.78, 5) is 22.2. The summed E-state index contributed by atoms with van der Waals surface area (Å²) in [6.45, 7) is 0.358. The lowest BCUT2D eigenvalue weighted by Crippen LogP contribution is -2.20. The normalized spacial score (nSPS) is 11.4. The zero-order valence-electron chi connectivity index (χ0n) is 17.4. The number of nitro benzene ring substituents is 1. The molecule has 3 aromatic carbocycles. The van der Waals surface area contributed by atoms with Crippen molar-refractivity contribution in [3.8, 4) is 5.75 Å². The minimum atomic E-state index is -4.73. The monoisotopic (exact) mass is 491 g/mol. The van der Waals surface area contributed by atoms with E-state index in [1.165, 1.54) is 6.21 Å². The van der Waals surface area contributed by atoms with Crippen molar-refractivity contribution < 1.29 is 27.6 Å². The topological polar surface area (TPSA) is 93.8 Å². The molecule has 0 fully saturated rings. The van der Waals surface area contributed by atoms with Crippen LogP contribution in [0.3, 0.4) is 0 Å². The molecule has 0 aliphatic heterocycles. The first-order valence-electron chi connectivity index (χ1n) is 9.75. The molecule has 3 rings (SSSR count). The van der Waals surface area contributed by atoms with E-state index in [9.17, 15) is 28.1 Å². The standard InChI is InChI=1S/C23H17ClF3N3O4/c24-19-7-1-16(2-8-19)14-34-20-9-3-15(4-10-20)13-28-29-22(31)11-17-5-6-18(23(25,26)27)12-21(17)30(32)33/h1-10,12-13H,11,14H2,(H,29,31)/b28-13-. The maximum Gasteiger partial charge on any atom is 0.416 e. The first-order valence-corrected chi connectivity index (χ1v) is 10.1. The summed E-state index contributed by atoms with van der Waals surface area (Å²) in [6.07, 6.45) is -3.89. The molecule has 1 N–H and O–H groups in total. The number of ether oxygens (including phenoxy) is 1. The third-order valence-electron chi connectivity index (χ3n) is 4.56. The molecular weight excluding hydrogens is 475 g/mol. The van der Waals surface area contributed by atoms with Crippen molar-refractivity contribution in [3.05, 3.63) is 104 Å². The Morgan fingerprint density at radius 2 is 1.76 bits per heavy atom. The second kappa shape index (κ2) is 10.8. The number of carbonyl (C=O) groups excluding carboxylic acids is 1. The highest BCUT2D eigenvalue weighted by Crippen LogP contribution is 2.33. The number of hydrogen-bond donors (Lipinski definition) is 1. The predicted molar refractivity (Wildman–Crippen MR) is 120 cm³/mol. The minimum Gasteiger partial charge on any atom is -0.489 e. The van der Waals surface area contributed by atoms with Crippen LogP contribution in [-0.2, 0) is 24.0 Å². The van der Waals surface area contributed by atoms with Crippen LogP contribution in [0.1, 0.15) is 22.3 Å². The van der Waals surface area contributed by atoms with Crippen LogP contribution in [-0.4, -0.2) is 17.0 Å². The van der Waals surface area contributed by atoms with E-state index >= 15 is 0 Å². The van der Waals surface area contributed by atoms with Crippen molar-refractivity contribution in [2.45, 2.75) is 19.2 Å². The lowest BCUT2D eigenvalue weighted by molar-refractivity contribution is -0.385. The average molecular weight is 492 g/mol. The lowest BCUT2D eigenvalue weighted by atomic mass is 10.1. The molecule has 0 aliphatic carbocycles. The van der Waals surface area contributed by atoms with Gasteiger partial charge in [0.2, 0.25) is 5.91 Å². The van der Waals surface area contributed by atoms with Gasteiger partial charge in [0.15, 0.2) is 0 Å². The van der Waals surface area contributed by atoms with Gasteiger partial charge in [0.05, 0.1) is 23.1 Å². The summed E-state index contributed by atoms with van der Waals surface area (Å²) >= 11 is 5.84. The molecule has 176 valence electrons. The Balaban J connectivity index is 1.54. The summed E-state index contributed by atoms with van der Waals surface area (Å²) in [7, 11) is 0. The van der Waals surface area contributed by atoms with Crippen molar-refractivity contribution in [2.24, 2.45) is 5.10 Å². The summed E-state index contributed by atoms with van der Waals surface area (Å²) < 4.78 is 44.0. The van der Waals surface area contributed by atoms with Crippen LogP contribution in [0, 0.1) is 10.1 Å². The number of carbonyl (C=O) groups is 1. The summed E-state index contributed by atoms with van der Waals surface area (Å²) in [6, 6.07) is 16.1. The van der Waals surface area contributed by atoms with E-state index in [0.29, 0.717) is 35.1 Å². The first kappa shape index (κ1) is 24.7. The molecule has 0 radical (unpaired) electrons. The van der Waals surface area contributed by atoms with Gasteiger partial charge in [-0.2, -0.15) is 18.3 Å². The number of benzene rings is 3. The second-order valence-electron chi connectivity index (χ2n) is 7.05. The van der Waals surface area contributed by atoms with E-state index in [-0.39, 0.29) is 5.56 Å². The largest absolute Gasteiger partial charge is 0.489 e. The van der Waals surface area contributed by atoms with Crippen molar-refractivity contribution in [2.75, 3.05) is 0 Å². The average Bonchev–Trinajstić information content (AvgIpc) is 2.79. The Hall–Kier alpha value is -3.92. The molecule has 0 saturated heterocycles. The smallest absolute Gasteiger partial charge is 0.416 e. The van der Waals surface area contributed by atoms with Crippen LogP contribution >= 0.6 is 11.6 Å². The van der Waals surface area contributed by atoms with Crippen LogP contribution in [0.2, 0.25) is 5.02 Å². The maximum atomic E-state index is 12.8. The molecule has 0 bridgehead atoms. The molecule has 7 nitrogen and oxygen atoms in total. The molecule has 0 saturated carbocycles. The number of hydrogen-bond acceptors (Lipinski definition) is 5. The fourth-order valence-electron chi connectivity index (χ4n) is 2.85. The number of amides is 1.